The van der Waals surface area contributed by atoms with E-state index in [1.165, 1.54) is 7.11 Å². The fourth-order valence-electron chi connectivity index (χ4n) is 2.78. The maximum Gasteiger partial charge on any atom is 0.261 e. The second-order valence-electron chi connectivity index (χ2n) is 6.14. The summed E-state index contributed by atoms with van der Waals surface area (Å²) < 4.78 is 21.9. The molecule has 0 spiro atoms. The third-order valence-electron chi connectivity index (χ3n) is 4.31. The lowest BCUT2D eigenvalue weighted by molar-refractivity contribution is -0.128. The van der Waals surface area contributed by atoms with Crippen LogP contribution in [0.5, 0.6) is 23.0 Å². The second kappa shape index (κ2) is 10.1. The molecule has 0 aliphatic rings. The Hall–Kier alpha value is -2.60. The third-order valence-corrected chi connectivity index (χ3v) is 4.73. The molecule has 0 fully saturated rings. The van der Waals surface area contributed by atoms with Crippen LogP contribution in [0, 0.1) is 6.92 Å². The van der Waals surface area contributed by atoms with Crippen molar-refractivity contribution < 1.29 is 23.7 Å². The molecular formula is C21H26ClNO5. The van der Waals surface area contributed by atoms with Crippen LogP contribution in [0.3, 0.4) is 0 Å². The Morgan fingerprint density at radius 1 is 1.07 bits per heavy atom. The fraction of sp³-hybridized carbons (Fsp3) is 0.381. The number of carbonyl (C=O) groups is 1. The van der Waals surface area contributed by atoms with E-state index in [1.54, 1.807) is 32.4 Å². The summed E-state index contributed by atoms with van der Waals surface area (Å²) in [6.45, 7) is 4.05. The van der Waals surface area contributed by atoms with Gasteiger partial charge in [-0.25, -0.2) is 0 Å². The lowest BCUT2D eigenvalue weighted by atomic mass is 10.1. The molecule has 0 bridgehead atoms. The van der Waals surface area contributed by atoms with Crippen LogP contribution in [0.2, 0.25) is 5.02 Å². The Kier molecular flexibility index (Phi) is 7.81. The monoisotopic (exact) mass is 407 g/mol. The molecule has 0 radical (unpaired) electrons. The summed E-state index contributed by atoms with van der Waals surface area (Å²) in [7, 11) is 4.64. The molecule has 1 N–H and O–H groups in total. The zero-order chi connectivity index (χ0) is 20.7. The number of aryl methyl sites for hydroxylation is 1. The molecule has 2 rings (SSSR count). The molecule has 0 saturated carbocycles. The summed E-state index contributed by atoms with van der Waals surface area (Å²) in [5, 5.41) is 3.55. The molecule has 0 aliphatic carbocycles. The molecule has 2 aromatic rings. The molecule has 0 heterocycles. The SMILES string of the molecule is CC[C@@H](Oc1ccc(Cl)c(C)c1)C(=O)NCc1ccc(OC)c(OC)c1OC. The average molecular weight is 408 g/mol. The quantitative estimate of drug-likeness (QED) is 0.676. The number of methoxy groups -OCH3 is 3. The second-order valence-corrected chi connectivity index (χ2v) is 6.54. The molecule has 0 aliphatic heterocycles. The van der Waals surface area contributed by atoms with Gasteiger partial charge in [-0.1, -0.05) is 18.5 Å². The molecule has 7 heteroatoms. The first-order valence-corrected chi connectivity index (χ1v) is 9.31. The highest BCUT2D eigenvalue weighted by atomic mass is 35.5. The number of amides is 1. The maximum atomic E-state index is 12.6. The smallest absolute Gasteiger partial charge is 0.261 e. The molecule has 2 aromatic carbocycles. The number of hydrogen-bond donors (Lipinski definition) is 1. The lowest BCUT2D eigenvalue weighted by Gasteiger charge is -2.19. The van der Waals surface area contributed by atoms with E-state index < -0.39 is 6.10 Å². The van der Waals surface area contributed by atoms with Gasteiger partial charge in [0, 0.05) is 17.1 Å². The number of hydrogen-bond acceptors (Lipinski definition) is 5. The van der Waals surface area contributed by atoms with E-state index in [0.717, 1.165) is 11.1 Å². The van der Waals surface area contributed by atoms with Crippen molar-refractivity contribution in [2.24, 2.45) is 0 Å². The van der Waals surface area contributed by atoms with Gasteiger partial charge < -0.3 is 24.3 Å². The summed E-state index contributed by atoms with van der Waals surface area (Å²) in [5.74, 6) is 1.95. The van der Waals surface area contributed by atoms with E-state index in [-0.39, 0.29) is 12.5 Å². The van der Waals surface area contributed by atoms with E-state index in [9.17, 15) is 4.79 Å². The standard InChI is InChI=1S/C21H26ClNO5/c1-6-17(28-15-8-9-16(22)13(2)11-15)21(24)23-12-14-7-10-18(25-3)20(27-5)19(14)26-4/h7-11,17H,6,12H2,1-5H3,(H,23,24)/t17-/m1/s1. The van der Waals surface area contributed by atoms with Crippen molar-refractivity contribution in [2.75, 3.05) is 21.3 Å². The van der Waals surface area contributed by atoms with Crippen LogP contribution in [0.1, 0.15) is 24.5 Å². The Morgan fingerprint density at radius 2 is 1.79 bits per heavy atom. The van der Waals surface area contributed by atoms with E-state index >= 15 is 0 Å². The lowest BCUT2D eigenvalue weighted by Crippen LogP contribution is -2.37. The number of ether oxygens (including phenoxy) is 4. The molecular weight excluding hydrogens is 382 g/mol. The minimum Gasteiger partial charge on any atom is -0.493 e. The minimum atomic E-state index is -0.619. The van der Waals surface area contributed by atoms with Crippen LogP contribution < -0.4 is 24.3 Å². The van der Waals surface area contributed by atoms with Crippen LogP contribution >= 0.6 is 11.6 Å². The molecule has 28 heavy (non-hydrogen) atoms. The van der Waals surface area contributed by atoms with Gasteiger partial charge in [-0.05, 0) is 49.2 Å². The van der Waals surface area contributed by atoms with Gasteiger partial charge in [-0.15, -0.1) is 0 Å². The predicted molar refractivity (Wildman–Crippen MR) is 109 cm³/mol. The molecule has 6 nitrogen and oxygen atoms in total. The highest BCUT2D eigenvalue weighted by Gasteiger charge is 2.21. The van der Waals surface area contributed by atoms with Crippen molar-refractivity contribution in [1.29, 1.82) is 0 Å². The van der Waals surface area contributed by atoms with E-state index in [2.05, 4.69) is 5.32 Å². The summed E-state index contributed by atoms with van der Waals surface area (Å²) in [6, 6.07) is 8.92. The number of carbonyl (C=O) groups excluding carboxylic acids is 1. The zero-order valence-electron chi connectivity index (χ0n) is 16.8. The number of nitrogens with one attached hydrogen (secondary N) is 1. The summed E-state index contributed by atoms with van der Waals surface area (Å²) in [5.41, 5.74) is 1.66. The Morgan fingerprint density at radius 3 is 2.36 bits per heavy atom. The maximum absolute atomic E-state index is 12.6. The largest absolute Gasteiger partial charge is 0.493 e. The van der Waals surface area contributed by atoms with Crippen molar-refractivity contribution in [3.8, 4) is 23.0 Å². The average Bonchev–Trinajstić information content (AvgIpc) is 2.71. The van der Waals surface area contributed by atoms with Crippen molar-refractivity contribution >= 4 is 17.5 Å². The van der Waals surface area contributed by atoms with Crippen molar-refractivity contribution in [3.05, 3.63) is 46.5 Å². The first-order chi connectivity index (χ1) is 13.4. The van der Waals surface area contributed by atoms with Crippen LogP contribution in [0.4, 0.5) is 0 Å². The van der Waals surface area contributed by atoms with Crippen molar-refractivity contribution in [3.63, 3.8) is 0 Å². The Bertz CT molecular complexity index is 825. The predicted octanol–water partition coefficient (Wildman–Crippen LogP) is 4.15. The number of rotatable bonds is 9. The van der Waals surface area contributed by atoms with Gasteiger partial charge in [0.25, 0.3) is 5.91 Å². The van der Waals surface area contributed by atoms with Crippen LogP contribution in [0.25, 0.3) is 0 Å². The number of benzene rings is 2. The van der Waals surface area contributed by atoms with E-state index in [1.807, 2.05) is 26.0 Å². The third kappa shape index (κ3) is 5.01. The summed E-state index contributed by atoms with van der Waals surface area (Å²) >= 11 is 6.04. The van der Waals surface area contributed by atoms with Crippen LogP contribution in [-0.2, 0) is 11.3 Å². The van der Waals surface area contributed by atoms with Gasteiger partial charge in [0.05, 0.1) is 21.3 Å². The Balaban J connectivity index is 2.10. The van der Waals surface area contributed by atoms with Gasteiger partial charge in [-0.3, -0.25) is 4.79 Å². The highest BCUT2D eigenvalue weighted by molar-refractivity contribution is 6.31. The van der Waals surface area contributed by atoms with Gasteiger partial charge in [-0.2, -0.15) is 0 Å². The van der Waals surface area contributed by atoms with Gasteiger partial charge >= 0.3 is 0 Å². The molecule has 1 amide bonds. The summed E-state index contributed by atoms with van der Waals surface area (Å²) in [4.78, 5) is 12.6. The topological polar surface area (TPSA) is 66.0 Å². The minimum absolute atomic E-state index is 0.216. The molecule has 0 unspecified atom stereocenters. The van der Waals surface area contributed by atoms with Crippen LogP contribution in [-0.4, -0.2) is 33.3 Å². The first kappa shape index (κ1) is 21.7. The highest BCUT2D eigenvalue weighted by Crippen LogP contribution is 2.39. The molecule has 0 saturated heterocycles. The molecule has 152 valence electrons. The van der Waals surface area contributed by atoms with Crippen LogP contribution in [0.15, 0.2) is 30.3 Å². The summed E-state index contributed by atoms with van der Waals surface area (Å²) in [6.07, 6.45) is -0.0944. The molecule has 0 aromatic heterocycles. The number of halogens is 1. The van der Waals surface area contributed by atoms with Gasteiger partial charge in [0.1, 0.15) is 5.75 Å². The van der Waals surface area contributed by atoms with Crippen molar-refractivity contribution in [2.45, 2.75) is 32.9 Å². The van der Waals surface area contributed by atoms with Gasteiger partial charge in [0.2, 0.25) is 5.75 Å². The van der Waals surface area contributed by atoms with E-state index in [4.69, 9.17) is 30.5 Å². The first-order valence-electron chi connectivity index (χ1n) is 8.93. The molecule has 1 atom stereocenters. The Labute approximate surface area is 170 Å². The van der Waals surface area contributed by atoms with Gasteiger partial charge in [0.15, 0.2) is 17.6 Å². The van der Waals surface area contributed by atoms with Crippen molar-refractivity contribution in [1.82, 2.24) is 5.32 Å². The van der Waals surface area contributed by atoms with E-state index in [0.29, 0.717) is 34.4 Å². The normalized spacial score (nSPS) is 11.5. The fourth-order valence-corrected chi connectivity index (χ4v) is 2.89. The zero-order valence-corrected chi connectivity index (χ0v) is 17.6.